The van der Waals surface area contributed by atoms with Crippen molar-refractivity contribution in [3.63, 3.8) is 0 Å². The second-order valence-electron chi connectivity index (χ2n) is 4.47. The molecule has 102 valence electrons. The first-order valence-corrected chi connectivity index (χ1v) is 7.19. The zero-order valence-corrected chi connectivity index (χ0v) is 12.6. The molecule has 0 aliphatic carbocycles. The topological polar surface area (TPSA) is 26.3 Å². The van der Waals surface area contributed by atoms with Crippen LogP contribution in [0.15, 0.2) is 34.8 Å². The van der Waals surface area contributed by atoms with E-state index in [1.807, 2.05) is 6.07 Å². The summed E-state index contributed by atoms with van der Waals surface area (Å²) in [7, 11) is 0. The van der Waals surface area contributed by atoms with Crippen molar-refractivity contribution in [2.75, 3.05) is 6.61 Å². The fourth-order valence-electron chi connectivity index (χ4n) is 2.29. The number of ether oxygens (including phenoxy) is 1. The number of halogens is 3. The molecule has 3 rings (SSSR count). The summed E-state index contributed by atoms with van der Waals surface area (Å²) in [5, 5.41) is 0.0988. The first kappa shape index (κ1) is 13.6. The average Bonchev–Trinajstić information content (AvgIpc) is 2.85. The van der Waals surface area contributed by atoms with Crippen LogP contribution < -0.4 is 4.74 Å². The highest BCUT2D eigenvalue weighted by molar-refractivity contribution is 9.10. The number of benzene rings is 2. The summed E-state index contributed by atoms with van der Waals surface area (Å²) in [6.07, 6.45) is 0.736. The van der Waals surface area contributed by atoms with Gasteiger partial charge in [0.2, 0.25) is 5.78 Å². The second-order valence-corrected chi connectivity index (χ2v) is 5.79. The highest BCUT2D eigenvalue weighted by Gasteiger charge is 2.25. The van der Waals surface area contributed by atoms with E-state index < -0.39 is 11.6 Å². The van der Waals surface area contributed by atoms with E-state index in [0.717, 1.165) is 16.5 Å². The molecular formula is C15H9BrClFO2. The monoisotopic (exact) mass is 354 g/mol. The van der Waals surface area contributed by atoms with E-state index in [0.29, 0.717) is 17.9 Å². The van der Waals surface area contributed by atoms with Crippen LogP contribution in [-0.4, -0.2) is 12.4 Å². The Balaban J connectivity index is 2.17. The van der Waals surface area contributed by atoms with Gasteiger partial charge in [0.25, 0.3) is 0 Å². The molecule has 0 amide bonds. The van der Waals surface area contributed by atoms with Crippen molar-refractivity contribution in [1.82, 2.24) is 0 Å². The van der Waals surface area contributed by atoms with E-state index in [2.05, 4.69) is 15.9 Å². The van der Waals surface area contributed by atoms with Gasteiger partial charge in [-0.2, -0.15) is 0 Å². The molecule has 0 bridgehead atoms. The molecule has 0 saturated carbocycles. The van der Waals surface area contributed by atoms with Crippen molar-refractivity contribution in [3.05, 3.63) is 62.3 Å². The van der Waals surface area contributed by atoms with E-state index in [1.54, 1.807) is 6.07 Å². The van der Waals surface area contributed by atoms with Gasteiger partial charge >= 0.3 is 0 Å². The lowest BCUT2D eigenvalue weighted by molar-refractivity contribution is 0.103. The third-order valence-electron chi connectivity index (χ3n) is 3.18. The number of rotatable bonds is 2. The summed E-state index contributed by atoms with van der Waals surface area (Å²) >= 11 is 9.31. The lowest BCUT2D eigenvalue weighted by atomic mass is 9.99. The van der Waals surface area contributed by atoms with Gasteiger partial charge in [0, 0.05) is 10.9 Å². The Labute approximate surface area is 128 Å². The van der Waals surface area contributed by atoms with Gasteiger partial charge < -0.3 is 4.74 Å². The van der Waals surface area contributed by atoms with E-state index >= 15 is 0 Å². The van der Waals surface area contributed by atoms with Gasteiger partial charge in [-0.15, -0.1) is 0 Å². The molecule has 0 saturated heterocycles. The van der Waals surface area contributed by atoms with Crippen molar-refractivity contribution < 1.29 is 13.9 Å². The summed E-state index contributed by atoms with van der Waals surface area (Å²) < 4.78 is 20.1. The molecule has 1 aliphatic rings. The van der Waals surface area contributed by atoms with Gasteiger partial charge in [-0.1, -0.05) is 33.6 Å². The summed E-state index contributed by atoms with van der Waals surface area (Å²) in [4.78, 5) is 12.6. The molecule has 1 aliphatic heterocycles. The largest absolute Gasteiger partial charge is 0.492 e. The quantitative estimate of drug-likeness (QED) is 0.746. The Kier molecular flexibility index (Phi) is 3.52. The molecule has 2 aromatic carbocycles. The molecule has 0 atom stereocenters. The smallest absolute Gasteiger partial charge is 0.201 e. The third kappa shape index (κ3) is 2.23. The molecule has 2 aromatic rings. The van der Waals surface area contributed by atoms with E-state index in [-0.39, 0.29) is 10.6 Å². The van der Waals surface area contributed by atoms with Crippen LogP contribution in [0, 0.1) is 5.82 Å². The van der Waals surface area contributed by atoms with Crippen LogP contribution in [0.2, 0.25) is 5.02 Å². The third-order valence-corrected chi connectivity index (χ3v) is 3.96. The van der Waals surface area contributed by atoms with Crippen molar-refractivity contribution in [3.8, 4) is 5.75 Å². The van der Waals surface area contributed by atoms with E-state index in [4.69, 9.17) is 16.3 Å². The maximum atomic E-state index is 13.9. The van der Waals surface area contributed by atoms with Crippen LogP contribution in [0.1, 0.15) is 21.5 Å². The summed E-state index contributed by atoms with van der Waals surface area (Å²) in [5.41, 5.74) is 1.15. The molecule has 5 heteroatoms. The van der Waals surface area contributed by atoms with Crippen molar-refractivity contribution >= 4 is 33.3 Å². The van der Waals surface area contributed by atoms with Gasteiger partial charge in [-0.25, -0.2) is 4.39 Å². The van der Waals surface area contributed by atoms with Gasteiger partial charge in [0.1, 0.15) is 11.6 Å². The molecule has 2 nitrogen and oxygen atoms in total. The van der Waals surface area contributed by atoms with Gasteiger partial charge in [0.15, 0.2) is 0 Å². The molecule has 0 N–H and O–H groups in total. The fourth-order valence-corrected chi connectivity index (χ4v) is 3.04. The normalized spacial score (nSPS) is 12.9. The predicted molar refractivity (Wildman–Crippen MR) is 78.2 cm³/mol. The number of hydrogen-bond acceptors (Lipinski definition) is 2. The Morgan fingerprint density at radius 3 is 2.90 bits per heavy atom. The van der Waals surface area contributed by atoms with Crippen LogP contribution in [0.4, 0.5) is 4.39 Å². The van der Waals surface area contributed by atoms with Crippen LogP contribution in [0.3, 0.4) is 0 Å². The van der Waals surface area contributed by atoms with Gasteiger partial charge in [-0.3, -0.25) is 4.79 Å². The number of carbonyl (C=O) groups is 1. The molecule has 20 heavy (non-hydrogen) atoms. The summed E-state index contributed by atoms with van der Waals surface area (Å²) in [5.74, 6) is -0.570. The van der Waals surface area contributed by atoms with Crippen LogP contribution in [0.5, 0.6) is 5.75 Å². The average molecular weight is 356 g/mol. The lowest BCUT2D eigenvalue weighted by Gasteiger charge is -2.10. The molecule has 0 aromatic heterocycles. The maximum Gasteiger partial charge on any atom is 0.201 e. The fraction of sp³-hybridized carbons (Fsp3) is 0.133. The Hall–Kier alpha value is -1.39. The van der Waals surface area contributed by atoms with Gasteiger partial charge in [-0.05, 0) is 29.8 Å². The van der Waals surface area contributed by atoms with Crippen LogP contribution >= 0.6 is 27.5 Å². The standard InChI is InChI=1S/C15H9BrClFO2/c16-9-6-8-4-5-20-15(8)10(7-9)14(19)13-11(17)2-1-3-12(13)18/h1-3,6-7H,4-5H2. The van der Waals surface area contributed by atoms with Crippen molar-refractivity contribution in [2.45, 2.75) is 6.42 Å². The number of hydrogen-bond donors (Lipinski definition) is 0. The number of ketones is 1. The summed E-state index contributed by atoms with van der Waals surface area (Å²) in [6.45, 7) is 0.525. The van der Waals surface area contributed by atoms with E-state index in [9.17, 15) is 9.18 Å². The first-order valence-electron chi connectivity index (χ1n) is 6.02. The second kappa shape index (κ2) is 5.19. The number of fused-ring (bicyclic) bond motifs is 1. The SMILES string of the molecule is O=C(c1cc(Br)cc2c1OCC2)c1c(F)cccc1Cl. The zero-order chi connectivity index (χ0) is 14.3. The lowest BCUT2D eigenvalue weighted by Crippen LogP contribution is -2.07. The Morgan fingerprint density at radius 2 is 2.15 bits per heavy atom. The number of carbonyl (C=O) groups excluding carboxylic acids is 1. The maximum absolute atomic E-state index is 13.9. The molecular weight excluding hydrogens is 347 g/mol. The summed E-state index contributed by atoms with van der Waals surface area (Å²) in [6, 6.07) is 7.72. The van der Waals surface area contributed by atoms with Crippen LogP contribution in [-0.2, 0) is 6.42 Å². The predicted octanol–water partition coefficient (Wildman–Crippen LogP) is 4.41. The van der Waals surface area contributed by atoms with Crippen molar-refractivity contribution in [2.24, 2.45) is 0 Å². The minimum atomic E-state index is -0.630. The molecule has 0 radical (unpaired) electrons. The Morgan fingerprint density at radius 1 is 1.35 bits per heavy atom. The van der Waals surface area contributed by atoms with Crippen molar-refractivity contribution in [1.29, 1.82) is 0 Å². The first-order chi connectivity index (χ1) is 9.58. The highest BCUT2D eigenvalue weighted by atomic mass is 79.9. The molecule has 0 spiro atoms. The van der Waals surface area contributed by atoms with Gasteiger partial charge in [0.05, 0.1) is 22.8 Å². The molecule has 1 heterocycles. The Bertz CT molecular complexity index is 695. The zero-order valence-electron chi connectivity index (χ0n) is 10.3. The van der Waals surface area contributed by atoms with E-state index in [1.165, 1.54) is 18.2 Å². The molecule has 0 unspecified atom stereocenters. The minimum Gasteiger partial charge on any atom is -0.492 e. The molecule has 0 fully saturated rings. The minimum absolute atomic E-state index is 0.0988. The highest BCUT2D eigenvalue weighted by Crippen LogP contribution is 2.35. The van der Waals surface area contributed by atoms with Crippen LogP contribution in [0.25, 0.3) is 0 Å².